The van der Waals surface area contributed by atoms with Gasteiger partial charge in [0, 0.05) is 55.9 Å². The predicted molar refractivity (Wildman–Crippen MR) is 148 cm³/mol. The molecule has 176 valence electrons. The quantitative estimate of drug-likeness (QED) is 0.259. The second kappa shape index (κ2) is 8.68. The monoisotopic (exact) mass is 497 g/mol. The summed E-state index contributed by atoms with van der Waals surface area (Å²) in [6.07, 6.45) is 3.77. The molecule has 0 amide bonds. The van der Waals surface area contributed by atoms with Gasteiger partial charge in [0.1, 0.15) is 12.1 Å². The van der Waals surface area contributed by atoms with E-state index in [2.05, 4.69) is 34.2 Å². The molecule has 6 aromatic rings. The third-order valence-corrected chi connectivity index (χ3v) is 6.99. The molecule has 6 heteroatoms. The molecule has 6 rings (SSSR count). The summed E-state index contributed by atoms with van der Waals surface area (Å²) in [4.78, 5) is 11.7. The molecule has 0 unspecified atom stereocenters. The van der Waals surface area contributed by atoms with Gasteiger partial charge in [-0.3, -0.25) is 0 Å². The second-order valence-electron chi connectivity index (χ2n) is 9.17. The van der Waals surface area contributed by atoms with E-state index in [1.807, 2.05) is 62.6 Å². The van der Waals surface area contributed by atoms with Gasteiger partial charge in [-0.25, -0.2) is 4.98 Å². The molecule has 0 saturated heterocycles. The molecule has 0 fully saturated rings. The minimum atomic E-state index is 0.348. The van der Waals surface area contributed by atoms with Crippen LogP contribution in [0.4, 0.5) is 0 Å². The normalized spacial score (nSPS) is 11.1. The van der Waals surface area contributed by atoms with Crippen LogP contribution in [-0.2, 0) is 0 Å². The van der Waals surface area contributed by atoms with Crippen LogP contribution in [0.25, 0.3) is 55.4 Å². The molecule has 3 aromatic carbocycles. The van der Waals surface area contributed by atoms with Crippen molar-refractivity contribution in [3.05, 3.63) is 100 Å². The number of nitrogens with zero attached hydrogens (tertiary/aromatic N) is 3. The van der Waals surface area contributed by atoms with Gasteiger partial charge in [-0.05, 0) is 55.8 Å². The first-order valence-corrected chi connectivity index (χ1v) is 12.2. The van der Waals surface area contributed by atoms with E-state index in [9.17, 15) is 10.5 Å². The Balaban J connectivity index is 1.77. The number of fused-ring (bicyclic) bond motifs is 2. The number of nitrogens with one attached hydrogen (secondary N) is 2. The van der Waals surface area contributed by atoms with Crippen molar-refractivity contribution in [1.29, 1.82) is 10.5 Å². The molecule has 0 aliphatic heterocycles. The number of aromatic nitrogens is 3. The number of aromatic amines is 2. The Morgan fingerprint density at radius 2 is 1.19 bits per heavy atom. The number of hydrogen-bond acceptors (Lipinski definition) is 3. The van der Waals surface area contributed by atoms with Crippen molar-refractivity contribution in [3.63, 3.8) is 0 Å². The van der Waals surface area contributed by atoms with Crippen LogP contribution in [0.5, 0.6) is 0 Å². The third-order valence-electron chi connectivity index (χ3n) is 6.74. The fourth-order valence-electron chi connectivity index (χ4n) is 4.96. The fraction of sp³-hybridized carbons (Fsp3) is 0.0645. The van der Waals surface area contributed by atoms with Gasteiger partial charge in [0.15, 0.2) is 0 Å². The van der Waals surface area contributed by atoms with Gasteiger partial charge in [0.05, 0.1) is 22.5 Å². The Hall–Kier alpha value is -4.84. The number of hydrogen-bond donors (Lipinski definition) is 2. The van der Waals surface area contributed by atoms with Crippen LogP contribution in [-0.4, -0.2) is 15.0 Å². The first-order chi connectivity index (χ1) is 18.0. The van der Waals surface area contributed by atoms with Gasteiger partial charge in [0.2, 0.25) is 0 Å². The first-order valence-electron chi connectivity index (χ1n) is 11.8. The van der Waals surface area contributed by atoms with E-state index in [1.165, 1.54) is 0 Å². The number of aryl methyl sites for hydroxylation is 2. The van der Waals surface area contributed by atoms with E-state index in [0.717, 1.165) is 49.6 Å². The van der Waals surface area contributed by atoms with Crippen LogP contribution in [0.1, 0.15) is 22.3 Å². The van der Waals surface area contributed by atoms with E-state index in [1.54, 1.807) is 12.1 Å². The summed E-state index contributed by atoms with van der Waals surface area (Å²) in [6, 6.07) is 24.2. The lowest BCUT2D eigenvalue weighted by molar-refractivity contribution is 1.28. The highest BCUT2D eigenvalue weighted by Crippen LogP contribution is 2.42. The second-order valence-corrected chi connectivity index (χ2v) is 9.60. The molecule has 37 heavy (non-hydrogen) atoms. The zero-order valence-corrected chi connectivity index (χ0v) is 20.9. The molecule has 0 aliphatic carbocycles. The van der Waals surface area contributed by atoms with Gasteiger partial charge in [0.25, 0.3) is 0 Å². The number of rotatable bonds is 3. The highest BCUT2D eigenvalue weighted by Gasteiger charge is 2.25. The molecule has 0 bridgehead atoms. The average molecular weight is 498 g/mol. The Bertz CT molecular complexity index is 1810. The van der Waals surface area contributed by atoms with E-state index in [4.69, 9.17) is 16.6 Å². The third kappa shape index (κ3) is 3.65. The minimum Gasteiger partial charge on any atom is -0.360 e. The predicted octanol–water partition coefficient (Wildman–Crippen LogP) is 8.06. The molecule has 3 heterocycles. The van der Waals surface area contributed by atoms with Gasteiger partial charge in [-0.15, -0.1) is 0 Å². The summed E-state index contributed by atoms with van der Waals surface area (Å²) in [5.41, 5.74) is 8.76. The molecular formula is C31H20ClN5. The van der Waals surface area contributed by atoms with Gasteiger partial charge < -0.3 is 9.97 Å². The fourth-order valence-corrected chi connectivity index (χ4v) is 5.08. The maximum absolute atomic E-state index is 10.4. The van der Waals surface area contributed by atoms with Crippen molar-refractivity contribution < 1.29 is 0 Å². The smallest absolute Gasteiger partial charge is 0.102 e. The van der Waals surface area contributed by atoms with Crippen molar-refractivity contribution in [2.75, 3.05) is 0 Å². The van der Waals surface area contributed by atoms with Gasteiger partial charge >= 0.3 is 0 Å². The molecule has 2 N–H and O–H groups in total. The van der Waals surface area contributed by atoms with Crippen LogP contribution in [0.15, 0.2) is 73.1 Å². The van der Waals surface area contributed by atoms with Crippen LogP contribution >= 0.6 is 11.6 Å². The van der Waals surface area contributed by atoms with E-state index in [-0.39, 0.29) is 0 Å². The summed E-state index contributed by atoms with van der Waals surface area (Å²) in [5.74, 6) is 0. The maximum Gasteiger partial charge on any atom is 0.102 e. The summed E-state index contributed by atoms with van der Waals surface area (Å²) >= 11 is 6.18. The Kier molecular flexibility index (Phi) is 5.30. The summed E-state index contributed by atoms with van der Waals surface area (Å²) in [5, 5.41) is 23.4. The zero-order chi connectivity index (χ0) is 25.7. The number of halogens is 1. The van der Waals surface area contributed by atoms with E-state index >= 15 is 0 Å². The number of benzene rings is 3. The Morgan fingerprint density at radius 3 is 1.65 bits per heavy atom. The van der Waals surface area contributed by atoms with E-state index in [0.29, 0.717) is 33.1 Å². The molecule has 5 nitrogen and oxygen atoms in total. The van der Waals surface area contributed by atoms with Crippen molar-refractivity contribution in [2.24, 2.45) is 0 Å². The van der Waals surface area contributed by atoms with Gasteiger partial charge in [-0.1, -0.05) is 47.0 Å². The lowest BCUT2D eigenvalue weighted by Crippen LogP contribution is -2.01. The number of nitriles is 2. The van der Waals surface area contributed by atoms with E-state index < -0.39 is 0 Å². The molecule has 0 saturated carbocycles. The standard InChI is InChI=1S/C31H20ClN5/c1-17-3-9-27-21(11-17)25(15-35-27)30-23(13-33)29(19-5-7-20(32)8-6-19)24(14-34)31(37-30)26-16-36-28-10-4-18(2)12-22(26)28/h3-12,15-16,35-36H,1-2H3. The maximum atomic E-state index is 10.4. The minimum absolute atomic E-state index is 0.348. The van der Waals surface area contributed by atoms with Crippen LogP contribution in [0, 0.1) is 36.5 Å². The first kappa shape index (κ1) is 22.6. The topological polar surface area (TPSA) is 92.0 Å². The average Bonchev–Trinajstić information content (AvgIpc) is 3.51. The summed E-state index contributed by atoms with van der Waals surface area (Å²) < 4.78 is 0. The molecular weight excluding hydrogens is 478 g/mol. The SMILES string of the molecule is Cc1ccc2[nH]cc(-c3nc(-c4c[nH]c5ccc(C)cc45)c(C#N)c(-c4ccc(Cl)cc4)c3C#N)c2c1. The lowest BCUT2D eigenvalue weighted by Gasteiger charge is -2.15. The van der Waals surface area contributed by atoms with Crippen molar-refractivity contribution in [3.8, 4) is 45.8 Å². The summed E-state index contributed by atoms with van der Waals surface area (Å²) in [6.45, 7) is 4.07. The van der Waals surface area contributed by atoms with Crippen LogP contribution in [0.2, 0.25) is 5.02 Å². The zero-order valence-electron chi connectivity index (χ0n) is 20.1. The highest BCUT2D eigenvalue weighted by molar-refractivity contribution is 6.30. The highest BCUT2D eigenvalue weighted by atomic mass is 35.5. The molecule has 0 aliphatic rings. The van der Waals surface area contributed by atoms with Crippen molar-refractivity contribution >= 4 is 33.4 Å². The lowest BCUT2D eigenvalue weighted by atomic mass is 9.89. The molecule has 3 aromatic heterocycles. The van der Waals surface area contributed by atoms with Crippen LogP contribution in [0.3, 0.4) is 0 Å². The van der Waals surface area contributed by atoms with Crippen molar-refractivity contribution in [1.82, 2.24) is 15.0 Å². The number of H-pyrrole nitrogens is 2. The van der Waals surface area contributed by atoms with Gasteiger partial charge in [-0.2, -0.15) is 10.5 Å². The Labute approximate surface area is 218 Å². The molecule has 0 atom stereocenters. The van der Waals surface area contributed by atoms with Crippen molar-refractivity contribution in [2.45, 2.75) is 13.8 Å². The summed E-state index contributed by atoms with van der Waals surface area (Å²) in [7, 11) is 0. The molecule has 0 spiro atoms. The Morgan fingerprint density at radius 1 is 0.703 bits per heavy atom. The van der Waals surface area contributed by atoms with Crippen LogP contribution < -0.4 is 0 Å². The number of pyridine rings is 1. The largest absolute Gasteiger partial charge is 0.360 e. The molecule has 0 radical (unpaired) electrons.